The molecule has 0 aliphatic heterocycles. The number of nitrogens with zero attached hydrogens (tertiary/aromatic N) is 1. The van der Waals surface area contributed by atoms with Crippen LogP contribution in [0.4, 0.5) is 0 Å². The molecule has 0 aliphatic carbocycles. The van der Waals surface area contributed by atoms with Crippen LogP contribution in [0.5, 0.6) is 0 Å². The van der Waals surface area contributed by atoms with Gasteiger partial charge in [0.15, 0.2) is 0 Å². The van der Waals surface area contributed by atoms with Gasteiger partial charge in [-0.1, -0.05) is 6.92 Å². The number of hydrogen-bond acceptors (Lipinski definition) is 4. The van der Waals surface area contributed by atoms with Crippen LogP contribution < -0.4 is 5.32 Å². The summed E-state index contributed by atoms with van der Waals surface area (Å²) in [4.78, 5) is 8.61. The van der Waals surface area contributed by atoms with Crippen LogP contribution >= 0.6 is 22.7 Å². The van der Waals surface area contributed by atoms with E-state index in [4.69, 9.17) is 0 Å². The second-order valence-corrected chi connectivity index (χ2v) is 6.21. The van der Waals surface area contributed by atoms with Gasteiger partial charge in [-0.05, 0) is 32.5 Å². The quantitative estimate of drug-likeness (QED) is 0.895. The lowest BCUT2D eigenvalue weighted by molar-refractivity contribution is 0.602. The van der Waals surface area contributed by atoms with Gasteiger partial charge in [0.25, 0.3) is 0 Å². The van der Waals surface area contributed by atoms with Gasteiger partial charge in [-0.15, -0.1) is 22.7 Å². The minimum absolute atomic E-state index is 0.394. The molecule has 0 fully saturated rings. The van der Waals surface area contributed by atoms with Crippen LogP contribution in [0, 0.1) is 6.92 Å². The number of hydrogen-bond donors (Lipinski definition) is 1. The third-order valence-electron chi connectivity index (χ3n) is 2.92. The summed E-state index contributed by atoms with van der Waals surface area (Å²) < 4.78 is 0. The third-order valence-corrected chi connectivity index (χ3v) is 5.22. The van der Waals surface area contributed by atoms with Crippen molar-refractivity contribution in [3.63, 3.8) is 0 Å². The summed E-state index contributed by atoms with van der Waals surface area (Å²) in [5.41, 5.74) is 3.09. The minimum Gasteiger partial charge on any atom is -0.312 e. The first-order chi connectivity index (χ1) is 8.24. The Balaban J connectivity index is 2.12. The largest absolute Gasteiger partial charge is 0.312 e. The van der Waals surface area contributed by atoms with Gasteiger partial charge in [0.05, 0.1) is 11.2 Å². The Labute approximate surface area is 111 Å². The van der Waals surface area contributed by atoms with Crippen molar-refractivity contribution >= 4 is 22.7 Å². The molecule has 0 radical (unpaired) electrons. The van der Waals surface area contributed by atoms with Crippen molar-refractivity contribution in [3.05, 3.63) is 38.0 Å². The Morgan fingerprint density at radius 1 is 1.35 bits per heavy atom. The fraction of sp³-hybridized carbons (Fsp3) is 0.462. The van der Waals surface area contributed by atoms with Crippen molar-refractivity contribution in [2.75, 3.05) is 7.05 Å². The molecule has 2 aromatic rings. The topological polar surface area (TPSA) is 24.9 Å². The summed E-state index contributed by atoms with van der Waals surface area (Å²) in [6.45, 7) is 4.29. The molecule has 17 heavy (non-hydrogen) atoms. The Bertz CT molecular complexity index is 473. The fourth-order valence-corrected chi connectivity index (χ4v) is 3.81. The van der Waals surface area contributed by atoms with Gasteiger partial charge in [0, 0.05) is 27.1 Å². The van der Waals surface area contributed by atoms with E-state index in [1.807, 2.05) is 23.9 Å². The maximum Gasteiger partial charge on any atom is 0.0798 e. The van der Waals surface area contributed by atoms with E-state index in [2.05, 4.69) is 36.3 Å². The van der Waals surface area contributed by atoms with E-state index >= 15 is 0 Å². The number of thiazole rings is 1. The zero-order valence-corrected chi connectivity index (χ0v) is 12.1. The predicted octanol–water partition coefficient (Wildman–Crippen LogP) is 3.58. The number of nitrogens with one attached hydrogen (secondary N) is 1. The summed E-state index contributed by atoms with van der Waals surface area (Å²) >= 11 is 3.67. The van der Waals surface area contributed by atoms with Crippen molar-refractivity contribution in [1.29, 1.82) is 0 Å². The molecule has 1 unspecified atom stereocenters. The summed E-state index contributed by atoms with van der Waals surface area (Å²) in [5.74, 6) is 0. The van der Waals surface area contributed by atoms with E-state index in [0.717, 1.165) is 18.5 Å². The van der Waals surface area contributed by atoms with Gasteiger partial charge in [0.2, 0.25) is 0 Å². The second-order valence-electron chi connectivity index (χ2n) is 4.07. The highest BCUT2D eigenvalue weighted by molar-refractivity contribution is 7.12. The lowest BCUT2D eigenvalue weighted by atomic mass is 10.1. The molecule has 0 aliphatic rings. The molecule has 2 aromatic heterocycles. The number of rotatable bonds is 5. The van der Waals surface area contributed by atoms with E-state index in [9.17, 15) is 0 Å². The molecule has 1 atom stereocenters. The summed E-state index contributed by atoms with van der Waals surface area (Å²) in [5, 5.41) is 3.40. The van der Waals surface area contributed by atoms with Crippen molar-refractivity contribution in [1.82, 2.24) is 10.3 Å². The van der Waals surface area contributed by atoms with E-state index in [-0.39, 0.29) is 0 Å². The maximum absolute atomic E-state index is 4.33. The van der Waals surface area contributed by atoms with Crippen LogP contribution in [0.15, 0.2) is 17.6 Å². The molecule has 0 bridgehead atoms. The van der Waals surface area contributed by atoms with Gasteiger partial charge in [-0.3, -0.25) is 0 Å². The number of aryl methyl sites for hydroxylation is 2. The lowest BCUT2D eigenvalue weighted by Gasteiger charge is -2.14. The average Bonchev–Trinajstić information content (AvgIpc) is 2.95. The molecule has 2 nitrogen and oxygen atoms in total. The van der Waals surface area contributed by atoms with Crippen molar-refractivity contribution in [2.45, 2.75) is 32.7 Å². The van der Waals surface area contributed by atoms with Crippen LogP contribution in [0.1, 0.15) is 33.3 Å². The normalized spacial score (nSPS) is 12.9. The van der Waals surface area contributed by atoms with Gasteiger partial charge in [0.1, 0.15) is 0 Å². The third kappa shape index (κ3) is 2.94. The fourth-order valence-electron chi connectivity index (χ4n) is 1.89. The molecule has 0 amide bonds. The summed E-state index contributed by atoms with van der Waals surface area (Å²) in [7, 11) is 2.03. The Kier molecular flexibility index (Phi) is 4.31. The van der Waals surface area contributed by atoms with Crippen LogP contribution in [0.3, 0.4) is 0 Å². The van der Waals surface area contributed by atoms with Gasteiger partial charge in [-0.25, -0.2) is 4.98 Å². The Hall–Kier alpha value is -0.710. The molecule has 0 aromatic carbocycles. The molecule has 0 saturated carbocycles. The number of aromatic nitrogens is 1. The maximum atomic E-state index is 4.33. The van der Waals surface area contributed by atoms with Gasteiger partial charge < -0.3 is 5.32 Å². The predicted molar refractivity (Wildman–Crippen MR) is 76.1 cm³/mol. The highest BCUT2D eigenvalue weighted by Crippen LogP contribution is 2.27. The molecule has 2 heterocycles. The Morgan fingerprint density at radius 2 is 2.12 bits per heavy atom. The molecule has 0 spiro atoms. The smallest absolute Gasteiger partial charge is 0.0798 e. The standard InChI is InChI=1S/C13H18N2S2/c1-4-10-5-6-11(17-10)7-12(14-3)13-9(2)15-8-16-13/h5-6,8,12,14H,4,7H2,1-3H3. The summed E-state index contributed by atoms with van der Waals surface area (Å²) in [6.07, 6.45) is 2.19. The zero-order chi connectivity index (χ0) is 12.3. The lowest BCUT2D eigenvalue weighted by Crippen LogP contribution is -2.18. The van der Waals surface area contributed by atoms with Crippen molar-refractivity contribution < 1.29 is 0 Å². The van der Waals surface area contributed by atoms with Crippen LogP contribution in [-0.2, 0) is 12.8 Å². The average molecular weight is 266 g/mol. The van der Waals surface area contributed by atoms with E-state index in [1.54, 1.807) is 11.3 Å². The molecule has 2 rings (SSSR count). The zero-order valence-electron chi connectivity index (χ0n) is 10.5. The van der Waals surface area contributed by atoms with Crippen LogP contribution in [-0.4, -0.2) is 12.0 Å². The van der Waals surface area contributed by atoms with Gasteiger partial charge >= 0.3 is 0 Å². The first-order valence-electron chi connectivity index (χ1n) is 5.89. The molecular formula is C13H18N2S2. The number of thiophene rings is 1. The summed E-state index contributed by atoms with van der Waals surface area (Å²) in [6, 6.07) is 4.89. The highest BCUT2D eigenvalue weighted by atomic mass is 32.1. The number of likely N-dealkylation sites (N-methyl/N-ethyl adjacent to an activating group) is 1. The monoisotopic (exact) mass is 266 g/mol. The van der Waals surface area contributed by atoms with E-state index < -0.39 is 0 Å². The molecule has 1 N–H and O–H groups in total. The SMILES string of the molecule is CCc1ccc(CC(NC)c2scnc2C)s1. The van der Waals surface area contributed by atoms with Crippen LogP contribution in [0.2, 0.25) is 0 Å². The molecule has 4 heteroatoms. The van der Waals surface area contributed by atoms with E-state index in [0.29, 0.717) is 6.04 Å². The van der Waals surface area contributed by atoms with Crippen molar-refractivity contribution in [3.8, 4) is 0 Å². The van der Waals surface area contributed by atoms with Crippen LogP contribution in [0.25, 0.3) is 0 Å². The highest BCUT2D eigenvalue weighted by Gasteiger charge is 2.15. The molecular weight excluding hydrogens is 248 g/mol. The molecule has 92 valence electrons. The van der Waals surface area contributed by atoms with Crippen molar-refractivity contribution in [2.24, 2.45) is 0 Å². The first-order valence-corrected chi connectivity index (χ1v) is 7.59. The molecule has 0 saturated heterocycles. The van der Waals surface area contributed by atoms with E-state index in [1.165, 1.54) is 14.6 Å². The Morgan fingerprint density at radius 3 is 2.65 bits per heavy atom. The van der Waals surface area contributed by atoms with Gasteiger partial charge in [-0.2, -0.15) is 0 Å². The second kappa shape index (κ2) is 5.76. The first kappa shape index (κ1) is 12.7. The minimum atomic E-state index is 0.394.